The Balaban J connectivity index is 1.95. The van der Waals surface area contributed by atoms with E-state index in [1.807, 2.05) is 19.9 Å². The Hall–Kier alpha value is -1.69. The second-order valence-corrected chi connectivity index (χ2v) is 7.44. The van der Waals surface area contributed by atoms with Crippen LogP contribution in [0.2, 0.25) is 0 Å². The molecule has 0 saturated carbocycles. The summed E-state index contributed by atoms with van der Waals surface area (Å²) in [6.45, 7) is 5.80. The number of rotatable bonds is 6. The largest absolute Gasteiger partial charge is 0.351 e. The number of aryl methyl sites for hydroxylation is 1. The molecule has 0 N–H and O–H groups in total. The van der Waals surface area contributed by atoms with Gasteiger partial charge in [-0.3, -0.25) is 4.79 Å². The van der Waals surface area contributed by atoms with E-state index in [4.69, 9.17) is 9.47 Å². The summed E-state index contributed by atoms with van der Waals surface area (Å²) in [6, 6.07) is 10.4. The Morgan fingerprint density at radius 2 is 1.81 bits per heavy atom. The molecule has 3 aromatic rings. The number of carbonyl (C=O) groups excluding carboxylic acids is 1. The van der Waals surface area contributed by atoms with Crippen molar-refractivity contribution in [3.05, 3.63) is 45.9 Å². The van der Waals surface area contributed by atoms with Crippen LogP contribution in [-0.2, 0) is 22.4 Å². The number of Topliss-reactive ketones (excluding diaryl/α,β-unsaturated/α-hetero) is 1. The van der Waals surface area contributed by atoms with Crippen molar-refractivity contribution >= 4 is 43.5 Å². The zero-order valence-corrected chi connectivity index (χ0v) is 16.6. The van der Waals surface area contributed by atoms with E-state index in [2.05, 4.69) is 44.8 Å². The van der Waals surface area contributed by atoms with Gasteiger partial charge in [0.15, 0.2) is 12.1 Å². The van der Waals surface area contributed by atoms with Crippen LogP contribution < -0.4 is 0 Å². The summed E-state index contributed by atoms with van der Waals surface area (Å²) < 4.78 is 14.9. The zero-order valence-electron chi connectivity index (χ0n) is 15.0. The Labute approximate surface area is 161 Å². The number of aromatic nitrogens is 1. The maximum Gasteiger partial charge on any atom is 0.175 e. The highest BCUT2D eigenvalue weighted by molar-refractivity contribution is 9.10. The van der Waals surface area contributed by atoms with E-state index >= 15 is 0 Å². The van der Waals surface area contributed by atoms with Gasteiger partial charge in [0.2, 0.25) is 0 Å². The lowest BCUT2D eigenvalue weighted by molar-refractivity contribution is -0.142. The van der Waals surface area contributed by atoms with Gasteiger partial charge in [0.1, 0.15) is 0 Å². The van der Waals surface area contributed by atoms with Gasteiger partial charge in [-0.05, 0) is 56.2 Å². The van der Waals surface area contributed by atoms with Gasteiger partial charge in [0, 0.05) is 51.5 Å². The minimum atomic E-state index is -0.290. The maximum absolute atomic E-state index is 12.2. The monoisotopic (exact) mass is 415 g/mol. The Morgan fingerprint density at radius 3 is 2.54 bits per heavy atom. The standard InChI is InChI=1S/C21H22BrNO3/c1-3-25-20(26-4-2)12-23-17-8-5-13(22)11-16(17)21-15-7-10-19(24)14(15)6-9-18(21)23/h5-6,8-9,11,20H,3-4,7,10,12H2,1-2H3. The Bertz CT molecular complexity index is 986. The van der Waals surface area contributed by atoms with Crippen molar-refractivity contribution in [2.75, 3.05) is 13.2 Å². The lowest BCUT2D eigenvalue weighted by Crippen LogP contribution is -2.23. The molecule has 136 valence electrons. The molecular weight excluding hydrogens is 394 g/mol. The molecule has 0 atom stereocenters. The summed E-state index contributed by atoms with van der Waals surface area (Å²) >= 11 is 3.59. The molecule has 1 aliphatic rings. The summed E-state index contributed by atoms with van der Waals surface area (Å²) in [7, 11) is 0. The molecule has 0 unspecified atom stereocenters. The first-order chi connectivity index (χ1) is 12.6. The lowest BCUT2D eigenvalue weighted by atomic mass is 10.0. The maximum atomic E-state index is 12.2. The molecule has 1 aromatic heterocycles. The van der Waals surface area contributed by atoms with Crippen LogP contribution >= 0.6 is 15.9 Å². The number of ketones is 1. The molecule has 4 rings (SSSR count). The molecule has 26 heavy (non-hydrogen) atoms. The van der Waals surface area contributed by atoms with Crippen LogP contribution in [0.4, 0.5) is 0 Å². The third-order valence-electron chi connectivity index (χ3n) is 5.04. The molecule has 0 amide bonds. The van der Waals surface area contributed by atoms with E-state index in [-0.39, 0.29) is 12.1 Å². The fourth-order valence-corrected chi connectivity index (χ4v) is 4.36. The van der Waals surface area contributed by atoms with Gasteiger partial charge in [-0.15, -0.1) is 0 Å². The van der Waals surface area contributed by atoms with Gasteiger partial charge in [-0.1, -0.05) is 15.9 Å². The van der Waals surface area contributed by atoms with E-state index in [9.17, 15) is 4.79 Å². The number of nitrogens with zero attached hydrogens (tertiary/aromatic N) is 1. The van der Waals surface area contributed by atoms with Crippen LogP contribution in [0.25, 0.3) is 21.8 Å². The number of halogens is 1. The summed E-state index contributed by atoms with van der Waals surface area (Å²) in [5.74, 6) is 0.249. The van der Waals surface area contributed by atoms with Crippen molar-refractivity contribution in [2.24, 2.45) is 0 Å². The molecule has 0 bridgehead atoms. The second-order valence-electron chi connectivity index (χ2n) is 6.52. The summed E-state index contributed by atoms with van der Waals surface area (Å²) in [5.41, 5.74) is 4.33. The second kappa shape index (κ2) is 7.14. The molecule has 1 aliphatic carbocycles. The minimum Gasteiger partial charge on any atom is -0.351 e. The van der Waals surface area contributed by atoms with Gasteiger partial charge >= 0.3 is 0 Å². The fraction of sp³-hybridized carbons (Fsp3) is 0.381. The van der Waals surface area contributed by atoms with Crippen LogP contribution in [-0.4, -0.2) is 29.9 Å². The Morgan fingerprint density at radius 1 is 1.08 bits per heavy atom. The molecule has 0 saturated heterocycles. The van der Waals surface area contributed by atoms with Crippen molar-refractivity contribution in [1.29, 1.82) is 0 Å². The van der Waals surface area contributed by atoms with Crippen molar-refractivity contribution in [3.8, 4) is 0 Å². The average molecular weight is 416 g/mol. The number of fused-ring (bicyclic) bond motifs is 5. The zero-order chi connectivity index (χ0) is 18.3. The van der Waals surface area contributed by atoms with Crippen molar-refractivity contribution < 1.29 is 14.3 Å². The highest BCUT2D eigenvalue weighted by atomic mass is 79.9. The van der Waals surface area contributed by atoms with E-state index in [0.717, 1.165) is 27.5 Å². The van der Waals surface area contributed by atoms with Crippen molar-refractivity contribution in [2.45, 2.75) is 39.5 Å². The SMILES string of the molecule is CCOC(Cn1c2ccc(Br)cc2c2c3c(ccc21)C(=O)CC3)OCC. The van der Waals surface area contributed by atoms with Crippen molar-refractivity contribution in [1.82, 2.24) is 4.57 Å². The molecule has 4 nitrogen and oxygen atoms in total. The first-order valence-corrected chi connectivity index (χ1v) is 9.93. The molecule has 0 aliphatic heterocycles. The molecule has 2 aromatic carbocycles. The van der Waals surface area contributed by atoms with E-state index in [1.165, 1.54) is 16.3 Å². The van der Waals surface area contributed by atoms with Crippen LogP contribution in [0.5, 0.6) is 0 Å². The van der Waals surface area contributed by atoms with E-state index < -0.39 is 0 Å². The predicted molar refractivity (Wildman–Crippen MR) is 107 cm³/mol. The number of hydrogen-bond donors (Lipinski definition) is 0. The van der Waals surface area contributed by atoms with E-state index in [1.54, 1.807) is 0 Å². The van der Waals surface area contributed by atoms with Gasteiger partial charge in [0.25, 0.3) is 0 Å². The molecule has 1 heterocycles. The van der Waals surface area contributed by atoms with Crippen molar-refractivity contribution in [3.63, 3.8) is 0 Å². The number of hydrogen-bond acceptors (Lipinski definition) is 3. The van der Waals surface area contributed by atoms with Gasteiger partial charge in [-0.25, -0.2) is 0 Å². The predicted octanol–water partition coefficient (Wildman–Crippen LogP) is 5.09. The topological polar surface area (TPSA) is 40.5 Å². The third-order valence-corrected chi connectivity index (χ3v) is 5.53. The van der Waals surface area contributed by atoms with E-state index in [0.29, 0.717) is 26.2 Å². The molecular formula is C21H22BrNO3. The number of benzene rings is 2. The Kier molecular flexibility index (Phi) is 4.86. The fourth-order valence-electron chi connectivity index (χ4n) is 4.00. The summed E-state index contributed by atoms with van der Waals surface area (Å²) in [6.07, 6.45) is 1.13. The quantitative estimate of drug-likeness (QED) is 0.526. The van der Waals surface area contributed by atoms with Crippen LogP contribution in [0.1, 0.15) is 36.2 Å². The normalized spacial score (nSPS) is 14.1. The number of carbonyl (C=O) groups is 1. The van der Waals surface area contributed by atoms with Crippen LogP contribution in [0.15, 0.2) is 34.8 Å². The smallest absolute Gasteiger partial charge is 0.175 e. The summed E-state index contributed by atoms with van der Waals surface area (Å²) in [4.78, 5) is 12.2. The van der Waals surface area contributed by atoms with Crippen LogP contribution in [0, 0.1) is 0 Å². The van der Waals surface area contributed by atoms with Gasteiger partial charge in [-0.2, -0.15) is 0 Å². The molecule has 0 spiro atoms. The first-order valence-electron chi connectivity index (χ1n) is 9.13. The molecule has 0 radical (unpaired) electrons. The van der Waals surface area contributed by atoms with Gasteiger partial charge in [0.05, 0.1) is 6.54 Å². The summed E-state index contributed by atoms with van der Waals surface area (Å²) in [5, 5.41) is 2.36. The third kappa shape index (κ3) is 2.88. The lowest BCUT2D eigenvalue weighted by Gasteiger charge is -2.19. The van der Waals surface area contributed by atoms with Gasteiger partial charge < -0.3 is 14.0 Å². The highest BCUT2D eigenvalue weighted by Gasteiger charge is 2.25. The first kappa shape index (κ1) is 17.7. The molecule has 0 fully saturated rings. The molecule has 5 heteroatoms. The van der Waals surface area contributed by atoms with Crippen LogP contribution in [0.3, 0.4) is 0 Å². The highest BCUT2D eigenvalue weighted by Crippen LogP contribution is 2.38. The average Bonchev–Trinajstić information content (AvgIpc) is 3.14. The minimum absolute atomic E-state index is 0.249. The number of ether oxygens (including phenoxy) is 2.